The van der Waals surface area contributed by atoms with Crippen LogP contribution in [0.15, 0.2) is 24.5 Å². The van der Waals surface area contributed by atoms with Crippen molar-refractivity contribution in [3.8, 4) is 0 Å². The van der Waals surface area contributed by atoms with E-state index in [1.807, 2.05) is 23.1 Å². The average molecular weight is 326 g/mol. The molecule has 1 aromatic carbocycles. The molecule has 3 heterocycles. The van der Waals surface area contributed by atoms with Gasteiger partial charge >= 0.3 is 0 Å². The van der Waals surface area contributed by atoms with Crippen LogP contribution in [0.3, 0.4) is 0 Å². The summed E-state index contributed by atoms with van der Waals surface area (Å²) in [6.45, 7) is 4.24. The maximum absolute atomic E-state index is 12.8. The van der Waals surface area contributed by atoms with Gasteiger partial charge < -0.3 is 14.8 Å². The second-order valence-corrected chi connectivity index (χ2v) is 7.11. The quantitative estimate of drug-likeness (QED) is 0.923. The van der Waals surface area contributed by atoms with Crippen molar-refractivity contribution in [2.45, 2.75) is 44.6 Å². The summed E-state index contributed by atoms with van der Waals surface area (Å²) in [6.07, 6.45) is 9.32. The molecule has 0 radical (unpaired) electrons. The highest BCUT2D eigenvalue weighted by Crippen LogP contribution is 2.22. The van der Waals surface area contributed by atoms with E-state index in [9.17, 15) is 4.79 Å². The van der Waals surface area contributed by atoms with Crippen molar-refractivity contribution in [1.29, 1.82) is 0 Å². The van der Waals surface area contributed by atoms with Crippen molar-refractivity contribution in [2.75, 3.05) is 26.2 Å². The van der Waals surface area contributed by atoms with E-state index in [0.717, 1.165) is 42.5 Å². The molecule has 1 amide bonds. The highest BCUT2D eigenvalue weighted by Gasteiger charge is 2.27. The molecule has 2 aliphatic heterocycles. The van der Waals surface area contributed by atoms with Crippen LogP contribution in [0.1, 0.15) is 48.9 Å². The number of hydrogen-bond acceptors (Lipinski definition) is 3. The summed E-state index contributed by atoms with van der Waals surface area (Å²) in [5.41, 5.74) is 2.60. The molecule has 5 nitrogen and oxygen atoms in total. The Morgan fingerprint density at radius 2 is 1.79 bits per heavy atom. The number of rotatable bonds is 2. The number of carbonyl (C=O) groups is 1. The maximum Gasteiger partial charge on any atom is 0.253 e. The highest BCUT2D eigenvalue weighted by molar-refractivity contribution is 5.97. The number of aromatic amines is 1. The molecular weight excluding hydrogens is 300 g/mol. The maximum atomic E-state index is 12.8. The summed E-state index contributed by atoms with van der Waals surface area (Å²) in [7, 11) is 0. The molecule has 0 atom stereocenters. The van der Waals surface area contributed by atoms with Crippen LogP contribution in [0.25, 0.3) is 11.0 Å². The van der Waals surface area contributed by atoms with E-state index in [2.05, 4.69) is 14.9 Å². The van der Waals surface area contributed by atoms with Gasteiger partial charge in [-0.25, -0.2) is 4.98 Å². The zero-order chi connectivity index (χ0) is 16.4. The number of hydrogen-bond donors (Lipinski definition) is 1. The van der Waals surface area contributed by atoms with Crippen molar-refractivity contribution >= 4 is 16.9 Å². The van der Waals surface area contributed by atoms with Crippen LogP contribution in [0.5, 0.6) is 0 Å². The van der Waals surface area contributed by atoms with Gasteiger partial charge in [0.05, 0.1) is 17.4 Å². The van der Waals surface area contributed by atoms with Gasteiger partial charge in [0, 0.05) is 24.7 Å². The second kappa shape index (κ2) is 6.93. The molecule has 5 heteroatoms. The van der Waals surface area contributed by atoms with Crippen molar-refractivity contribution < 1.29 is 4.79 Å². The fourth-order valence-electron chi connectivity index (χ4n) is 4.15. The van der Waals surface area contributed by atoms with Gasteiger partial charge in [0.15, 0.2) is 0 Å². The van der Waals surface area contributed by atoms with E-state index in [1.54, 1.807) is 6.33 Å². The van der Waals surface area contributed by atoms with Gasteiger partial charge in [-0.1, -0.05) is 12.8 Å². The normalized spacial score (nSPS) is 21.1. The van der Waals surface area contributed by atoms with Crippen LogP contribution in [-0.2, 0) is 0 Å². The number of nitrogens with zero attached hydrogens (tertiary/aromatic N) is 3. The number of likely N-dealkylation sites (tertiary alicyclic amines) is 2. The molecule has 0 unspecified atom stereocenters. The third-order valence-corrected chi connectivity index (χ3v) is 5.58. The van der Waals surface area contributed by atoms with Crippen molar-refractivity contribution in [2.24, 2.45) is 0 Å². The summed E-state index contributed by atoms with van der Waals surface area (Å²) >= 11 is 0. The first-order valence-corrected chi connectivity index (χ1v) is 9.28. The summed E-state index contributed by atoms with van der Waals surface area (Å²) in [5.74, 6) is 0.154. The van der Waals surface area contributed by atoms with Crippen molar-refractivity contribution in [3.63, 3.8) is 0 Å². The van der Waals surface area contributed by atoms with E-state index < -0.39 is 0 Å². The van der Waals surface area contributed by atoms with Gasteiger partial charge in [-0.2, -0.15) is 0 Å². The Morgan fingerprint density at radius 3 is 2.54 bits per heavy atom. The fraction of sp³-hybridized carbons (Fsp3) is 0.579. The van der Waals surface area contributed by atoms with Crippen molar-refractivity contribution in [3.05, 3.63) is 30.1 Å². The lowest BCUT2D eigenvalue weighted by molar-refractivity contribution is 0.0623. The lowest BCUT2D eigenvalue weighted by atomic mass is 10.0. The average Bonchev–Trinajstić information content (AvgIpc) is 2.93. The Kier molecular flexibility index (Phi) is 4.52. The summed E-state index contributed by atoms with van der Waals surface area (Å²) in [6, 6.07) is 6.41. The number of nitrogens with one attached hydrogen (secondary N) is 1. The standard InChI is InChI=1S/C19H26N4O/c24-19(15-5-6-17-18(13-15)21-14-20-17)23-11-7-16(8-12-23)22-9-3-1-2-4-10-22/h5-6,13-14,16H,1-4,7-12H2,(H,20,21). The third-order valence-electron chi connectivity index (χ3n) is 5.58. The smallest absolute Gasteiger partial charge is 0.253 e. The molecule has 1 aromatic heterocycles. The number of piperidine rings is 1. The summed E-state index contributed by atoms with van der Waals surface area (Å²) < 4.78 is 0. The Morgan fingerprint density at radius 1 is 1.04 bits per heavy atom. The monoisotopic (exact) mass is 326 g/mol. The number of H-pyrrole nitrogens is 1. The summed E-state index contributed by atoms with van der Waals surface area (Å²) in [4.78, 5) is 24.8. The Balaban J connectivity index is 1.38. The van der Waals surface area contributed by atoms with Crippen LogP contribution in [0, 0.1) is 0 Å². The molecule has 24 heavy (non-hydrogen) atoms. The van der Waals surface area contributed by atoms with E-state index in [0.29, 0.717) is 6.04 Å². The first-order chi connectivity index (χ1) is 11.8. The fourth-order valence-corrected chi connectivity index (χ4v) is 4.15. The molecule has 2 fully saturated rings. The molecule has 2 aliphatic rings. The van der Waals surface area contributed by atoms with E-state index in [1.165, 1.54) is 38.8 Å². The van der Waals surface area contributed by atoms with Gasteiger partial charge in [-0.05, 0) is 57.0 Å². The van der Waals surface area contributed by atoms with Gasteiger partial charge in [0.2, 0.25) is 0 Å². The molecule has 0 aliphatic carbocycles. The molecule has 2 saturated heterocycles. The minimum atomic E-state index is 0.154. The number of benzene rings is 1. The SMILES string of the molecule is O=C(c1ccc2nc[nH]c2c1)N1CCC(N2CCCCCC2)CC1. The molecule has 1 N–H and O–H groups in total. The largest absolute Gasteiger partial charge is 0.345 e. The number of imidazole rings is 1. The van der Waals surface area contributed by atoms with Crippen LogP contribution in [0.4, 0.5) is 0 Å². The second-order valence-electron chi connectivity index (χ2n) is 7.11. The summed E-state index contributed by atoms with van der Waals surface area (Å²) in [5, 5.41) is 0. The van der Waals surface area contributed by atoms with Gasteiger partial charge in [0.25, 0.3) is 5.91 Å². The molecule has 0 spiro atoms. The van der Waals surface area contributed by atoms with E-state index in [-0.39, 0.29) is 5.91 Å². The minimum absolute atomic E-state index is 0.154. The van der Waals surface area contributed by atoms with Gasteiger partial charge in [0.1, 0.15) is 0 Å². The molecule has 4 rings (SSSR count). The molecule has 0 bridgehead atoms. The Bertz CT molecular complexity index is 694. The molecule has 2 aromatic rings. The predicted octanol–water partition coefficient (Wildman–Crippen LogP) is 3.04. The predicted molar refractivity (Wildman–Crippen MR) is 95.1 cm³/mol. The van der Waals surface area contributed by atoms with E-state index in [4.69, 9.17) is 0 Å². The lowest BCUT2D eigenvalue weighted by Gasteiger charge is -2.38. The first-order valence-electron chi connectivity index (χ1n) is 9.28. The van der Waals surface area contributed by atoms with Crippen LogP contribution in [-0.4, -0.2) is 57.9 Å². The third kappa shape index (κ3) is 3.18. The van der Waals surface area contributed by atoms with Crippen molar-refractivity contribution in [1.82, 2.24) is 19.8 Å². The topological polar surface area (TPSA) is 52.2 Å². The first kappa shape index (κ1) is 15.6. The number of carbonyl (C=O) groups excluding carboxylic acids is 1. The highest BCUT2D eigenvalue weighted by atomic mass is 16.2. The lowest BCUT2D eigenvalue weighted by Crippen LogP contribution is -2.47. The molecule has 0 saturated carbocycles. The Hall–Kier alpha value is -1.88. The van der Waals surface area contributed by atoms with Crippen LogP contribution in [0.2, 0.25) is 0 Å². The number of aromatic nitrogens is 2. The molecular formula is C19H26N4O. The van der Waals surface area contributed by atoms with Gasteiger partial charge in [-0.15, -0.1) is 0 Å². The zero-order valence-electron chi connectivity index (χ0n) is 14.2. The van der Waals surface area contributed by atoms with Gasteiger partial charge in [-0.3, -0.25) is 4.79 Å². The van der Waals surface area contributed by atoms with Crippen LogP contribution < -0.4 is 0 Å². The number of fused-ring (bicyclic) bond motifs is 1. The van der Waals surface area contributed by atoms with E-state index >= 15 is 0 Å². The Labute approximate surface area is 143 Å². The number of amides is 1. The minimum Gasteiger partial charge on any atom is -0.345 e. The van der Waals surface area contributed by atoms with Crippen LogP contribution >= 0.6 is 0 Å². The molecule has 128 valence electrons. The zero-order valence-corrected chi connectivity index (χ0v) is 14.2.